The summed E-state index contributed by atoms with van der Waals surface area (Å²) in [5, 5.41) is 7.57. The topological polar surface area (TPSA) is 72.9 Å². The van der Waals surface area contributed by atoms with Crippen molar-refractivity contribution in [1.29, 1.82) is 0 Å². The molecule has 1 aromatic heterocycles. The van der Waals surface area contributed by atoms with Gasteiger partial charge in [0.25, 0.3) is 0 Å². The molecular weight excluding hydrogens is 336 g/mol. The van der Waals surface area contributed by atoms with Crippen LogP contribution in [0.4, 0.5) is 0 Å². The molecule has 25 heavy (non-hydrogen) atoms. The van der Waals surface area contributed by atoms with Gasteiger partial charge in [-0.25, -0.2) is 0 Å². The lowest BCUT2D eigenvalue weighted by Crippen LogP contribution is -2.44. The quantitative estimate of drug-likeness (QED) is 0.793. The highest BCUT2D eigenvalue weighted by atomic mass is 35.5. The molecule has 0 radical (unpaired) electrons. The monoisotopic (exact) mass is 364 g/mol. The molecule has 0 spiro atoms. The van der Waals surface area contributed by atoms with Gasteiger partial charge >= 0.3 is 0 Å². The van der Waals surface area contributed by atoms with E-state index in [-0.39, 0.29) is 24.2 Å². The van der Waals surface area contributed by atoms with E-state index in [1.54, 1.807) is 0 Å². The number of carbonyl (C=O) groups excluding carboxylic acids is 1. The molecule has 0 aliphatic carbocycles. The van der Waals surface area contributed by atoms with E-state index in [9.17, 15) is 4.79 Å². The molecule has 1 aromatic carbocycles. The van der Waals surface area contributed by atoms with E-state index in [1.165, 1.54) is 5.56 Å². The number of nitrogens with zero attached hydrogens (tertiary/aromatic N) is 2. The van der Waals surface area contributed by atoms with Crippen LogP contribution in [0.25, 0.3) is 0 Å². The van der Waals surface area contributed by atoms with Crippen LogP contribution in [0, 0.1) is 19.8 Å². The Labute approximate surface area is 156 Å². The van der Waals surface area contributed by atoms with Crippen LogP contribution < -0.4 is 11.1 Å². The van der Waals surface area contributed by atoms with Crippen LogP contribution >= 0.6 is 12.4 Å². The van der Waals surface area contributed by atoms with Crippen LogP contribution in [0.2, 0.25) is 0 Å². The summed E-state index contributed by atoms with van der Waals surface area (Å²) >= 11 is 0. The molecule has 0 aliphatic heterocycles. The molecule has 1 amide bonds. The fourth-order valence-electron chi connectivity index (χ4n) is 2.71. The highest BCUT2D eigenvalue weighted by molar-refractivity contribution is 5.85. The molecular formula is C19H29ClN4O. The van der Waals surface area contributed by atoms with Crippen molar-refractivity contribution in [2.45, 2.75) is 53.2 Å². The fraction of sp³-hybridized carbons (Fsp3) is 0.474. The van der Waals surface area contributed by atoms with Gasteiger partial charge in [0.15, 0.2) is 0 Å². The van der Waals surface area contributed by atoms with Gasteiger partial charge in [0.1, 0.15) is 0 Å². The SMILES string of the molecule is CCC(C)C(N)C(=O)NCc1c(C)nn(Cc2ccccc2)c1C.Cl. The van der Waals surface area contributed by atoms with Crippen LogP contribution in [0.15, 0.2) is 30.3 Å². The smallest absolute Gasteiger partial charge is 0.237 e. The summed E-state index contributed by atoms with van der Waals surface area (Å²) in [6.07, 6.45) is 0.891. The maximum atomic E-state index is 12.2. The van der Waals surface area contributed by atoms with Gasteiger partial charge in [0, 0.05) is 17.8 Å². The maximum absolute atomic E-state index is 12.2. The number of amides is 1. The van der Waals surface area contributed by atoms with Crippen LogP contribution in [-0.4, -0.2) is 21.7 Å². The van der Waals surface area contributed by atoms with E-state index < -0.39 is 6.04 Å². The molecule has 2 rings (SSSR count). The number of aryl methyl sites for hydroxylation is 1. The van der Waals surface area contributed by atoms with E-state index in [1.807, 2.05) is 50.6 Å². The molecule has 6 heteroatoms. The second-order valence-corrected chi connectivity index (χ2v) is 6.42. The maximum Gasteiger partial charge on any atom is 0.237 e. The van der Waals surface area contributed by atoms with Gasteiger partial charge in [-0.15, -0.1) is 12.4 Å². The Bertz CT molecular complexity index is 684. The van der Waals surface area contributed by atoms with E-state index in [4.69, 9.17) is 5.73 Å². The number of benzene rings is 1. The van der Waals surface area contributed by atoms with Gasteiger partial charge < -0.3 is 11.1 Å². The van der Waals surface area contributed by atoms with Crippen molar-refractivity contribution in [3.8, 4) is 0 Å². The number of nitrogens with two attached hydrogens (primary N) is 1. The minimum absolute atomic E-state index is 0. The summed E-state index contributed by atoms with van der Waals surface area (Å²) in [5.74, 6) is 0.0759. The Morgan fingerprint density at radius 3 is 2.52 bits per heavy atom. The van der Waals surface area contributed by atoms with Crippen LogP contribution in [0.5, 0.6) is 0 Å². The van der Waals surface area contributed by atoms with Gasteiger partial charge in [-0.05, 0) is 25.3 Å². The number of hydrogen-bond donors (Lipinski definition) is 2. The molecule has 138 valence electrons. The minimum atomic E-state index is -0.463. The van der Waals surface area contributed by atoms with Crippen molar-refractivity contribution in [2.24, 2.45) is 11.7 Å². The Hall–Kier alpha value is -1.85. The lowest BCUT2D eigenvalue weighted by atomic mass is 9.99. The predicted molar refractivity (Wildman–Crippen MR) is 104 cm³/mol. The lowest BCUT2D eigenvalue weighted by molar-refractivity contribution is -0.123. The second kappa shape index (κ2) is 9.59. The summed E-state index contributed by atoms with van der Waals surface area (Å²) < 4.78 is 1.99. The van der Waals surface area contributed by atoms with E-state index in [2.05, 4.69) is 22.5 Å². The van der Waals surface area contributed by atoms with Crippen LogP contribution in [0.1, 0.15) is 42.8 Å². The molecule has 2 atom stereocenters. The van der Waals surface area contributed by atoms with Gasteiger partial charge in [-0.3, -0.25) is 9.48 Å². The summed E-state index contributed by atoms with van der Waals surface area (Å²) in [7, 11) is 0. The van der Waals surface area contributed by atoms with Crippen LogP contribution in [-0.2, 0) is 17.9 Å². The molecule has 0 bridgehead atoms. The zero-order valence-electron chi connectivity index (χ0n) is 15.5. The number of rotatable bonds is 7. The molecule has 0 saturated carbocycles. The first kappa shape index (κ1) is 21.2. The standard InChI is InChI=1S/C19H28N4O.ClH/c1-5-13(2)18(20)19(24)21-11-17-14(3)22-23(15(17)4)12-16-9-7-6-8-10-16;/h6-10,13,18H,5,11-12,20H2,1-4H3,(H,21,24);1H. The number of aromatic nitrogens is 2. The van der Waals surface area contributed by atoms with Gasteiger partial charge in [-0.2, -0.15) is 5.10 Å². The molecule has 0 aliphatic rings. The largest absolute Gasteiger partial charge is 0.351 e. The van der Waals surface area contributed by atoms with Crippen molar-refractivity contribution in [1.82, 2.24) is 15.1 Å². The van der Waals surface area contributed by atoms with Crippen molar-refractivity contribution >= 4 is 18.3 Å². The van der Waals surface area contributed by atoms with Gasteiger partial charge in [0.05, 0.1) is 18.3 Å². The van der Waals surface area contributed by atoms with E-state index in [0.717, 1.165) is 29.9 Å². The zero-order chi connectivity index (χ0) is 17.7. The first-order chi connectivity index (χ1) is 11.4. The lowest BCUT2D eigenvalue weighted by Gasteiger charge is -2.17. The first-order valence-corrected chi connectivity index (χ1v) is 8.54. The third kappa shape index (κ3) is 5.31. The minimum Gasteiger partial charge on any atom is -0.351 e. The summed E-state index contributed by atoms with van der Waals surface area (Å²) in [4.78, 5) is 12.2. The fourth-order valence-corrected chi connectivity index (χ4v) is 2.71. The molecule has 3 N–H and O–H groups in total. The van der Waals surface area contributed by atoms with E-state index in [0.29, 0.717) is 6.54 Å². The average Bonchev–Trinajstić information content (AvgIpc) is 2.85. The number of halogens is 1. The summed E-state index contributed by atoms with van der Waals surface area (Å²) in [6.45, 7) is 9.26. The molecule has 2 unspecified atom stereocenters. The van der Waals surface area contributed by atoms with Crippen molar-refractivity contribution in [3.05, 3.63) is 52.8 Å². The highest BCUT2D eigenvalue weighted by Crippen LogP contribution is 2.15. The Kier molecular flexibility index (Phi) is 8.13. The Morgan fingerprint density at radius 1 is 1.28 bits per heavy atom. The first-order valence-electron chi connectivity index (χ1n) is 8.54. The third-order valence-electron chi connectivity index (χ3n) is 4.71. The number of hydrogen-bond acceptors (Lipinski definition) is 3. The molecule has 0 saturated heterocycles. The molecule has 1 heterocycles. The predicted octanol–water partition coefficient (Wildman–Crippen LogP) is 2.96. The van der Waals surface area contributed by atoms with Gasteiger partial charge in [0.2, 0.25) is 5.91 Å². The van der Waals surface area contributed by atoms with Crippen molar-refractivity contribution < 1.29 is 4.79 Å². The summed E-state index contributed by atoms with van der Waals surface area (Å²) in [6, 6.07) is 9.77. The number of nitrogens with one attached hydrogen (secondary N) is 1. The molecule has 0 fully saturated rings. The zero-order valence-corrected chi connectivity index (χ0v) is 16.3. The normalized spacial score (nSPS) is 13.0. The third-order valence-corrected chi connectivity index (χ3v) is 4.71. The van der Waals surface area contributed by atoms with Crippen molar-refractivity contribution in [2.75, 3.05) is 0 Å². The molecule has 2 aromatic rings. The Morgan fingerprint density at radius 2 is 1.92 bits per heavy atom. The highest BCUT2D eigenvalue weighted by Gasteiger charge is 2.20. The average molecular weight is 365 g/mol. The second-order valence-electron chi connectivity index (χ2n) is 6.42. The van der Waals surface area contributed by atoms with Crippen LogP contribution in [0.3, 0.4) is 0 Å². The molecule has 5 nitrogen and oxygen atoms in total. The number of carbonyl (C=O) groups is 1. The van der Waals surface area contributed by atoms with E-state index >= 15 is 0 Å². The Balaban J connectivity index is 0.00000312. The summed E-state index contributed by atoms with van der Waals surface area (Å²) in [5.41, 5.74) is 10.3. The van der Waals surface area contributed by atoms with Crippen molar-refractivity contribution in [3.63, 3.8) is 0 Å². The van der Waals surface area contributed by atoms with Gasteiger partial charge in [-0.1, -0.05) is 50.6 Å².